The van der Waals surface area contributed by atoms with Crippen molar-refractivity contribution in [2.45, 2.75) is 58.4 Å². The molecule has 2 unspecified atom stereocenters. The zero-order chi connectivity index (χ0) is 12.3. The standard InChI is InChI=1S/C16H25N/c1-3-12(2)9-16(17)11-13-7-8-14-5-4-6-15(14)10-13/h7-8,10,12,16H,3-6,9,11,17H2,1-2H3. The maximum Gasteiger partial charge on any atom is 0.00818 e. The molecule has 1 aliphatic carbocycles. The molecule has 0 saturated heterocycles. The molecule has 0 amide bonds. The van der Waals surface area contributed by atoms with Crippen molar-refractivity contribution in [3.05, 3.63) is 34.9 Å². The third kappa shape index (κ3) is 3.32. The Kier molecular flexibility index (Phi) is 4.22. The zero-order valence-electron chi connectivity index (χ0n) is 11.2. The largest absolute Gasteiger partial charge is 0.327 e. The van der Waals surface area contributed by atoms with Crippen LogP contribution >= 0.6 is 0 Å². The van der Waals surface area contributed by atoms with Crippen LogP contribution in [0.25, 0.3) is 0 Å². The molecule has 0 bridgehead atoms. The zero-order valence-corrected chi connectivity index (χ0v) is 11.2. The van der Waals surface area contributed by atoms with Gasteiger partial charge >= 0.3 is 0 Å². The second kappa shape index (κ2) is 5.68. The van der Waals surface area contributed by atoms with E-state index in [4.69, 9.17) is 5.73 Å². The predicted octanol–water partition coefficient (Wildman–Crippen LogP) is 3.48. The second-order valence-electron chi connectivity index (χ2n) is 5.67. The Morgan fingerprint density at radius 1 is 1.24 bits per heavy atom. The Hall–Kier alpha value is -0.820. The van der Waals surface area contributed by atoms with E-state index in [0.717, 1.165) is 18.8 Å². The Morgan fingerprint density at radius 3 is 2.76 bits per heavy atom. The Balaban J connectivity index is 1.94. The van der Waals surface area contributed by atoms with Gasteiger partial charge in [0, 0.05) is 6.04 Å². The van der Waals surface area contributed by atoms with Gasteiger partial charge in [-0.3, -0.25) is 0 Å². The summed E-state index contributed by atoms with van der Waals surface area (Å²) in [6, 6.07) is 7.30. The van der Waals surface area contributed by atoms with E-state index in [1.54, 1.807) is 11.1 Å². The molecular weight excluding hydrogens is 206 g/mol. The third-order valence-corrected chi connectivity index (χ3v) is 4.06. The van der Waals surface area contributed by atoms with Crippen molar-refractivity contribution >= 4 is 0 Å². The fraction of sp³-hybridized carbons (Fsp3) is 0.625. The number of fused-ring (bicyclic) bond motifs is 1. The summed E-state index contributed by atoms with van der Waals surface area (Å²) in [5, 5.41) is 0. The molecule has 1 aromatic rings. The molecule has 0 saturated carbocycles. The molecule has 0 spiro atoms. The maximum absolute atomic E-state index is 6.23. The summed E-state index contributed by atoms with van der Waals surface area (Å²) in [6.07, 6.45) is 7.29. The van der Waals surface area contributed by atoms with Crippen LogP contribution in [0.2, 0.25) is 0 Å². The smallest absolute Gasteiger partial charge is 0.00818 e. The monoisotopic (exact) mass is 231 g/mol. The number of aryl methyl sites for hydroxylation is 2. The Labute approximate surface area is 105 Å². The van der Waals surface area contributed by atoms with E-state index in [2.05, 4.69) is 32.0 Å². The van der Waals surface area contributed by atoms with Crippen molar-refractivity contribution in [3.8, 4) is 0 Å². The van der Waals surface area contributed by atoms with E-state index in [1.807, 2.05) is 0 Å². The van der Waals surface area contributed by atoms with E-state index in [-0.39, 0.29) is 0 Å². The van der Waals surface area contributed by atoms with Crippen LogP contribution in [-0.4, -0.2) is 6.04 Å². The molecule has 0 heterocycles. The van der Waals surface area contributed by atoms with Crippen LogP contribution in [0.3, 0.4) is 0 Å². The van der Waals surface area contributed by atoms with E-state index in [9.17, 15) is 0 Å². The number of rotatable bonds is 5. The van der Waals surface area contributed by atoms with E-state index >= 15 is 0 Å². The highest BCUT2D eigenvalue weighted by Gasteiger charge is 2.13. The van der Waals surface area contributed by atoms with Crippen LogP contribution in [0.5, 0.6) is 0 Å². The molecule has 0 aliphatic heterocycles. The highest BCUT2D eigenvalue weighted by Crippen LogP contribution is 2.23. The predicted molar refractivity (Wildman–Crippen MR) is 74.2 cm³/mol. The lowest BCUT2D eigenvalue weighted by Crippen LogP contribution is -2.25. The van der Waals surface area contributed by atoms with Crippen LogP contribution < -0.4 is 5.73 Å². The molecule has 2 N–H and O–H groups in total. The highest BCUT2D eigenvalue weighted by atomic mass is 14.6. The first-order valence-electron chi connectivity index (χ1n) is 7.05. The van der Waals surface area contributed by atoms with Gasteiger partial charge < -0.3 is 5.73 Å². The number of nitrogens with two attached hydrogens (primary N) is 1. The summed E-state index contributed by atoms with van der Waals surface area (Å²) < 4.78 is 0. The van der Waals surface area contributed by atoms with Gasteiger partial charge in [0.25, 0.3) is 0 Å². The number of hydrogen-bond donors (Lipinski definition) is 1. The van der Waals surface area contributed by atoms with Gasteiger partial charge in [-0.1, -0.05) is 38.5 Å². The van der Waals surface area contributed by atoms with E-state index in [0.29, 0.717) is 6.04 Å². The van der Waals surface area contributed by atoms with Gasteiger partial charge in [0.05, 0.1) is 0 Å². The first-order chi connectivity index (χ1) is 8.19. The summed E-state index contributed by atoms with van der Waals surface area (Å²) in [7, 11) is 0. The van der Waals surface area contributed by atoms with Crippen molar-refractivity contribution < 1.29 is 0 Å². The molecule has 94 valence electrons. The van der Waals surface area contributed by atoms with E-state index in [1.165, 1.54) is 31.2 Å². The SMILES string of the molecule is CCC(C)CC(N)Cc1ccc2c(c1)CCC2. The Morgan fingerprint density at radius 2 is 2.00 bits per heavy atom. The minimum atomic E-state index is 0.324. The van der Waals surface area contributed by atoms with Crippen LogP contribution in [0, 0.1) is 5.92 Å². The summed E-state index contributed by atoms with van der Waals surface area (Å²) >= 11 is 0. The summed E-state index contributed by atoms with van der Waals surface area (Å²) in [5.41, 5.74) is 10.8. The molecule has 17 heavy (non-hydrogen) atoms. The average molecular weight is 231 g/mol. The minimum absolute atomic E-state index is 0.324. The van der Waals surface area contributed by atoms with Gasteiger partial charge in [-0.2, -0.15) is 0 Å². The van der Waals surface area contributed by atoms with Gasteiger partial charge in [-0.15, -0.1) is 0 Å². The fourth-order valence-electron chi connectivity index (χ4n) is 2.82. The Bertz CT molecular complexity index is 370. The van der Waals surface area contributed by atoms with Crippen molar-refractivity contribution in [2.75, 3.05) is 0 Å². The quantitative estimate of drug-likeness (QED) is 0.825. The molecule has 1 aromatic carbocycles. The van der Waals surface area contributed by atoms with Crippen LogP contribution in [0.15, 0.2) is 18.2 Å². The molecule has 2 atom stereocenters. The second-order valence-corrected chi connectivity index (χ2v) is 5.67. The third-order valence-electron chi connectivity index (χ3n) is 4.06. The molecule has 0 fully saturated rings. The van der Waals surface area contributed by atoms with Gasteiger partial charge in [0.15, 0.2) is 0 Å². The lowest BCUT2D eigenvalue weighted by molar-refractivity contribution is 0.450. The van der Waals surface area contributed by atoms with Crippen molar-refractivity contribution in [1.29, 1.82) is 0 Å². The van der Waals surface area contributed by atoms with Crippen LogP contribution in [-0.2, 0) is 19.3 Å². The molecule has 0 aromatic heterocycles. The summed E-state index contributed by atoms with van der Waals surface area (Å²) in [4.78, 5) is 0. The van der Waals surface area contributed by atoms with Crippen molar-refractivity contribution in [1.82, 2.24) is 0 Å². The number of hydrogen-bond acceptors (Lipinski definition) is 1. The van der Waals surface area contributed by atoms with Gasteiger partial charge in [0.2, 0.25) is 0 Å². The first-order valence-corrected chi connectivity index (χ1v) is 7.05. The molecule has 1 heteroatoms. The normalized spacial score (nSPS) is 17.8. The molecule has 2 rings (SSSR count). The van der Waals surface area contributed by atoms with Crippen molar-refractivity contribution in [2.24, 2.45) is 11.7 Å². The lowest BCUT2D eigenvalue weighted by Gasteiger charge is -2.16. The molecule has 1 nitrogen and oxygen atoms in total. The van der Waals surface area contributed by atoms with Crippen LogP contribution in [0.4, 0.5) is 0 Å². The minimum Gasteiger partial charge on any atom is -0.327 e. The van der Waals surface area contributed by atoms with Gasteiger partial charge in [-0.25, -0.2) is 0 Å². The van der Waals surface area contributed by atoms with E-state index < -0.39 is 0 Å². The van der Waals surface area contributed by atoms with Gasteiger partial charge in [0.1, 0.15) is 0 Å². The first kappa shape index (κ1) is 12.6. The molecular formula is C16H25N. The fourth-order valence-corrected chi connectivity index (χ4v) is 2.82. The lowest BCUT2D eigenvalue weighted by atomic mass is 9.94. The molecule has 1 aliphatic rings. The van der Waals surface area contributed by atoms with Gasteiger partial charge in [-0.05, 0) is 54.7 Å². The summed E-state index contributed by atoms with van der Waals surface area (Å²) in [5.74, 6) is 0.749. The van der Waals surface area contributed by atoms with Crippen molar-refractivity contribution in [3.63, 3.8) is 0 Å². The average Bonchev–Trinajstić information content (AvgIpc) is 2.75. The number of benzene rings is 1. The highest BCUT2D eigenvalue weighted by molar-refractivity contribution is 5.35. The maximum atomic E-state index is 6.23. The topological polar surface area (TPSA) is 26.0 Å². The van der Waals surface area contributed by atoms with Crippen LogP contribution in [0.1, 0.15) is 49.8 Å². The summed E-state index contributed by atoms with van der Waals surface area (Å²) in [6.45, 7) is 4.54. The molecule has 0 radical (unpaired) electrons.